The molecular weight excluding hydrogens is 448 g/mol. The van der Waals surface area contributed by atoms with E-state index in [0.29, 0.717) is 0 Å². The molecule has 0 spiro atoms. The zero-order valence-electron chi connectivity index (χ0n) is 20.5. The van der Waals surface area contributed by atoms with Crippen molar-refractivity contribution in [2.45, 2.75) is 0 Å². The van der Waals surface area contributed by atoms with Gasteiger partial charge in [-0.2, -0.15) is 0 Å². The van der Waals surface area contributed by atoms with Crippen LogP contribution in [0.3, 0.4) is 0 Å². The van der Waals surface area contributed by atoms with Crippen LogP contribution in [0.25, 0.3) is 71.2 Å². The first-order valence-corrected chi connectivity index (χ1v) is 12.8. The van der Waals surface area contributed by atoms with Gasteiger partial charge in [0.15, 0.2) is 0 Å². The first kappa shape index (κ1) is 20.4. The molecule has 0 fully saturated rings. The minimum atomic E-state index is 1.18. The highest BCUT2D eigenvalue weighted by Crippen LogP contribution is 2.37. The molecule has 0 amide bonds. The Bertz CT molecular complexity index is 2140. The number of aromatic nitrogens is 2. The monoisotopic (exact) mass is 472 g/mol. The number of benzene rings is 6. The molecule has 0 N–H and O–H groups in total. The van der Waals surface area contributed by atoms with Gasteiger partial charge in [0.2, 0.25) is 0 Å². The predicted octanol–water partition coefficient (Wildman–Crippen LogP) is 9.25. The zero-order valence-corrected chi connectivity index (χ0v) is 20.5. The normalized spacial score (nSPS) is 11.9. The lowest BCUT2D eigenvalue weighted by Gasteiger charge is -2.09. The summed E-state index contributed by atoms with van der Waals surface area (Å²) in [5.41, 5.74) is 8.63. The Morgan fingerprint density at radius 1 is 0.405 bits per heavy atom. The molecule has 37 heavy (non-hydrogen) atoms. The molecule has 0 saturated heterocycles. The first-order valence-electron chi connectivity index (χ1n) is 12.8. The van der Waals surface area contributed by atoms with Crippen molar-refractivity contribution in [1.29, 1.82) is 0 Å². The smallest absolute Gasteiger partial charge is 0.0547 e. The topological polar surface area (TPSA) is 9.86 Å². The fourth-order valence-corrected chi connectivity index (χ4v) is 6.07. The molecule has 2 nitrogen and oxygen atoms in total. The molecule has 0 aliphatic rings. The van der Waals surface area contributed by atoms with Gasteiger partial charge in [-0.3, -0.25) is 0 Å². The van der Waals surface area contributed by atoms with E-state index < -0.39 is 0 Å². The van der Waals surface area contributed by atoms with E-state index >= 15 is 0 Å². The zero-order chi connectivity index (χ0) is 24.5. The van der Waals surface area contributed by atoms with Gasteiger partial charge in [-0.15, -0.1) is 0 Å². The quantitative estimate of drug-likeness (QED) is 0.237. The fourth-order valence-electron chi connectivity index (χ4n) is 6.07. The highest BCUT2D eigenvalue weighted by molar-refractivity contribution is 6.14. The number of para-hydroxylation sites is 2. The molecule has 0 aliphatic heterocycles. The van der Waals surface area contributed by atoms with E-state index in [1.165, 1.54) is 71.2 Å². The third-order valence-electron chi connectivity index (χ3n) is 7.90. The maximum atomic E-state index is 2.38. The van der Waals surface area contributed by atoms with Crippen LogP contribution in [0.1, 0.15) is 0 Å². The van der Waals surface area contributed by atoms with Crippen molar-refractivity contribution in [3.05, 3.63) is 127 Å². The van der Waals surface area contributed by atoms with Gasteiger partial charge in [0.05, 0.1) is 11.0 Å². The number of aryl methyl sites for hydroxylation is 1. The van der Waals surface area contributed by atoms with E-state index in [2.05, 4.69) is 144 Å². The van der Waals surface area contributed by atoms with E-state index in [9.17, 15) is 0 Å². The minimum Gasteiger partial charge on any atom is -0.344 e. The lowest BCUT2D eigenvalue weighted by atomic mass is 10.0. The van der Waals surface area contributed by atoms with Gasteiger partial charge in [-0.25, -0.2) is 0 Å². The maximum Gasteiger partial charge on any atom is 0.0547 e. The van der Waals surface area contributed by atoms with Crippen LogP contribution in [-0.4, -0.2) is 9.13 Å². The molecule has 0 bridgehead atoms. The molecule has 2 aromatic heterocycles. The van der Waals surface area contributed by atoms with Crippen molar-refractivity contribution < 1.29 is 0 Å². The van der Waals surface area contributed by atoms with Gasteiger partial charge in [-0.1, -0.05) is 84.9 Å². The Labute approximate surface area is 214 Å². The minimum absolute atomic E-state index is 1.18. The van der Waals surface area contributed by atoms with Crippen LogP contribution in [0.4, 0.5) is 0 Å². The largest absolute Gasteiger partial charge is 0.344 e. The van der Waals surface area contributed by atoms with Crippen LogP contribution >= 0.6 is 0 Å². The summed E-state index contributed by atoms with van der Waals surface area (Å²) in [6.07, 6.45) is 0. The molecule has 0 unspecified atom stereocenters. The van der Waals surface area contributed by atoms with Crippen LogP contribution in [0, 0.1) is 0 Å². The Balaban J connectivity index is 1.37. The molecular formula is C35H24N2. The highest BCUT2D eigenvalue weighted by Gasteiger charge is 2.14. The van der Waals surface area contributed by atoms with Gasteiger partial charge in [0.25, 0.3) is 0 Å². The van der Waals surface area contributed by atoms with Gasteiger partial charge >= 0.3 is 0 Å². The number of hydrogen-bond donors (Lipinski definition) is 0. The number of fused-ring (bicyclic) bond motifs is 7. The number of rotatable bonds is 2. The van der Waals surface area contributed by atoms with Crippen molar-refractivity contribution in [1.82, 2.24) is 9.13 Å². The number of nitrogens with zero attached hydrogens (tertiary/aromatic N) is 2. The molecule has 174 valence electrons. The maximum absolute atomic E-state index is 2.38. The lowest BCUT2D eigenvalue weighted by molar-refractivity contribution is 1.02. The third kappa shape index (κ3) is 2.93. The van der Waals surface area contributed by atoms with E-state index in [0.717, 1.165) is 0 Å². The molecule has 0 radical (unpaired) electrons. The van der Waals surface area contributed by atoms with Crippen molar-refractivity contribution in [3.63, 3.8) is 0 Å². The summed E-state index contributed by atoms with van der Waals surface area (Å²) in [6.45, 7) is 0. The van der Waals surface area contributed by atoms with Crippen molar-refractivity contribution in [3.8, 4) is 16.8 Å². The second-order valence-electron chi connectivity index (χ2n) is 9.93. The lowest BCUT2D eigenvalue weighted by Crippen LogP contribution is -1.93. The SMILES string of the molecule is Cn1c2cc(-c3ccc4c5ccccc5n(-c5ccccc5)c4c3)ccc2c2cc3ccccc3cc21. The highest BCUT2D eigenvalue weighted by atomic mass is 15.0. The van der Waals surface area contributed by atoms with E-state index in [4.69, 9.17) is 0 Å². The summed E-state index contributed by atoms with van der Waals surface area (Å²) in [5, 5.41) is 7.73. The fraction of sp³-hybridized carbons (Fsp3) is 0.0286. The Morgan fingerprint density at radius 3 is 1.76 bits per heavy atom. The summed E-state index contributed by atoms with van der Waals surface area (Å²) >= 11 is 0. The molecule has 0 saturated carbocycles. The predicted molar refractivity (Wildman–Crippen MR) is 158 cm³/mol. The van der Waals surface area contributed by atoms with Crippen LogP contribution in [0.15, 0.2) is 127 Å². The van der Waals surface area contributed by atoms with Gasteiger partial charge in [-0.05, 0) is 64.4 Å². The van der Waals surface area contributed by atoms with Gasteiger partial charge < -0.3 is 9.13 Å². The summed E-state index contributed by atoms with van der Waals surface area (Å²) in [7, 11) is 2.18. The molecule has 0 atom stereocenters. The van der Waals surface area contributed by atoms with Crippen molar-refractivity contribution in [2.24, 2.45) is 7.05 Å². The molecule has 8 rings (SSSR count). The van der Waals surface area contributed by atoms with E-state index in [1.807, 2.05) is 0 Å². The van der Waals surface area contributed by atoms with Crippen LogP contribution in [0.5, 0.6) is 0 Å². The summed E-state index contributed by atoms with van der Waals surface area (Å²) in [5.74, 6) is 0. The second kappa shape index (κ2) is 7.59. The average molecular weight is 473 g/mol. The van der Waals surface area contributed by atoms with Crippen LogP contribution in [0.2, 0.25) is 0 Å². The summed E-state index contributed by atoms with van der Waals surface area (Å²) in [4.78, 5) is 0. The summed E-state index contributed by atoms with van der Waals surface area (Å²) < 4.78 is 4.72. The molecule has 0 aliphatic carbocycles. The Morgan fingerprint density at radius 2 is 0.973 bits per heavy atom. The van der Waals surface area contributed by atoms with Crippen molar-refractivity contribution >= 4 is 54.4 Å². The van der Waals surface area contributed by atoms with E-state index in [-0.39, 0.29) is 0 Å². The van der Waals surface area contributed by atoms with Crippen LogP contribution in [-0.2, 0) is 7.05 Å². The Kier molecular flexibility index (Phi) is 4.18. The standard InChI is InChI=1S/C35H24N2/c1-36-33-21-25(16-18-30(33)31-19-23-9-5-6-10-24(23)20-34(31)36)26-15-17-29-28-13-7-8-14-32(28)37(35(29)22-26)27-11-3-2-4-12-27/h2-22H,1H3. The van der Waals surface area contributed by atoms with Gasteiger partial charge in [0, 0.05) is 45.3 Å². The van der Waals surface area contributed by atoms with Crippen molar-refractivity contribution in [2.75, 3.05) is 0 Å². The van der Waals surface area contributed by atoms with Crippen LogP contribution < -0.4 is 0 Å². The summed E-state index contributed by atoms with van der Waals surface area (Å²) in [6, 6.07) is 46.4. The molecule has 2 heterocycles. The number of hydrogen-bond acceptors (Lipinski definition) is 0. The molecule has 6 aromatic carbocycles. The molecule has 8 aromatic rings. The van der Waals surface area contributed by atoms with Gasteiger partial charge in [0.1, 0.15) is 0 Å². The van der Waals surface area contributed by atoms with E-state index in [1.54, 1.807) is 0 Å². The molecule has 2 heteroatoms. The first-order chi connectivity index (χ1) is 18.3. The third-order valence-corrected chi connectivity index (χ3v) is 7.90. The average Bonchev–Trinajstić information content (AvgIpc) is 3.43. The Hall–Kier alpha value is -4.82. The second-order valence-corrected chi connectivity index (χ2v) is 9.93.